The molecule has 1 aromatic carbocycles. The summed E-state index contributed by atoms with van der Waals surface area (Å²) < 4.78 is 0. The number of aromatic nitrogens is 1. The van der Waals surface area contributed by atoms with Crippen LogP contribution in [-0.4, -0.2) is 31.7 Å². The van der Waals surface area contributed by atoms with Crippen molar-refractivity contribution in [2.45, 2.75) is 19.4 Å². The molecule has 2 N–H and O–H groups in total. The van der Waals surface area contributed by atoms with E-state index in [1.165, 1.54) is 0 Å². The van der Waals surface area contributed by atoms with Gasteiger partial charge in [-0.15, -0.1) is 11.3 Å². The smallest absolute Gasteiger partial charge is 0.315 e. The Morgan fingerprint density at radius 3 is 2.86 bits per heavy atom. The lowest BCUT2D eigenvalue weighted by atomic mass is 10.2. The number of anilines is 1. The maximum atomic E-state index is 11.9. The molecule has 22 heavy (non-hydrogen) atoms. The van der Waals surface area contributed by atoms with E-state index >= 15 is 0 Å². The molecule has 118 valence electrons. The van der Waals surface area contributed by atoms with Crippen molar-refractivity contribution in [1.82, 2.24) is 15.6 Å². The summed E-state index contributed by atoms with van der Waals surface area (Å²) in [5.74, 6) is 0.225. The highest BCUT2D eigenvalue weighted by Gasteiger charge is 2.09. The number of urea groups is 1. The predicted octanol–water partition coefficient (Wildman–Crippen LogP) is 2.81. The molecule has 1 atom stereocenters. The molecule has 0 aliphatic carbocycles. The van der Waals surface area contributed by atoms with Crippen LogP contribution in [-0.2, 0) is 6.54 Å². The lowest BCUT2D eigenvalue weighted by molar-refractivity contribution is 0.240. The van der Waals surface area contributed by atoms with E-state index in [4.69, 9.17) is 0 Å². The van der Waals surface area contributed by atoms with Gasteiger partial charge in [-0.25, -0.2) is 9.78 Å². The van der Waals surface area contributed by atoms with E-state index in [-0.39, 0.29) is 11.9 Å². The van der Waals surface area contributed by atoms with Crippen LogP contribution in [0.4, 0.5) is 10.5 Å². The number of carbonyl (C=O) groups excluding carboxylic acids is 1. The molecule has 1 unspecified atom stereocenters. The van der Waals surface area contributed by atoms with Gasteiger partial charge in [0, 0.05) is 50.4 Å². The molecule has 2 aromatic rings. The summed E-state index contributed by atoms with van der Waals surface area (Å²) in [6, 6.07) is 7.96. The highest BCUT2D eigenvalue weighted by Crippen LogP contribution is 2.16. The first-order valence-electron chi connectivity index (χ1n) is 7.23. The van der Waals surface area contributed by atoms with Crippen LogP contribution in [0.25, 0.3) is 0 Å². The molecule has 2 rings (SSSR count). The van der Waals surface area contributed by atoms with Gasteiger partial charge in [0.1, 0.15) is 0 Å². The summed E-state index contributed by atoms with van der Waals surface area (Å²) in [6.07, 6.45) is 1.79. The van der Waals surface area contributed by atoms with E-state index in [0.717, 1.165) is 16.3 Å². The fourth-order valence-electron chi connectivity index (χ4n) is 2.00. The first kappa shape index (κ1) is 16.3. The Morgan fingerprint density at radius 2 is 2.18 bits per heavy atom. The van der Waals surface area contributed by atoms with Crippen molar-refractivity contribution in [2.75, 3.05) is 25.5 Å². The minimum absolute atomic E-state index is 0.154. The third kappa shape index (κ3) is 4.73. The second kappa shape index (κ2) is 7.79. The van der Waals surface area contributed by atoms with E-state index in [9.17, 15) is 4.79 Å². The first-order chi connectivity index (χ1) is 10.6. The standard InChI is InChI=1S/C16H22N4OS/c1-12(15-17-7-8-22-15)10-18-16(21)19-11-13-5-4-6-14(9-13)20(2)3/h4-9,12H,10-11H2,1-3H3,(H2,18,19,21). The number of nitrogens with zero attached hydrogens (tertiary/aromatic N) is 2. The van der Waals surface area contributed by atoms with Crippen LogP contribution in [0.15, 0.2) is 35.8 Å². The van der Waals surface area contributed by atoms with Crippen molar-refractivity contribution in [3.05, 3.63) is 46.4 Å². The zero-order valence-electron chi connectivity index (χ0n) is 13.2. The first-order valence-corrected chi connectivity index (χ1v) is 8.11. The summed E-state index contributed by atoms with van der Waals surface area (Å²) in [4.78, 5) is 18.2. The summed E-state index contributed by atoms with van der Waals surface area (Å²) in [5, 5.41) is 8.75. The molecule has 6 heteroatoms. The Hall–Kier alpha value is -2.08. The Morgan fingerprint density at radius 1 is 1.36 bits per heavy atom. The van der Waals surface area contributed by atoms with E-state index in [1.807, 2.05) is 42.6 Å². The minimum Gasteiger partial charge on any atom is -0.378 e. The zero-order valence-corrected chi connectivity index (χ0v) is 14.0. The fourth-order valence-corrected chi connectivity index (χ4v) is 2.70. The van der Waals surface area contributed by atoms with Gasteiger partial charge in [0.05, 0.1) is 5.01 Å². The van der Waals surface area contributed by atoms with Gasteiger partial charge in [0.25, 0.3) is 0 Å². The summed E-state index contributed by atoms with van der Waals surface area (Å²) >= 11 is 1.61. The monoisotopic (exact) mass is 318 g/mol. The number of nitrogens with one attached hydrogen (secondary N) is 2. The number of amides is 2. The zero-order chi connectivity index (χ0) is 15.9. The van der Waals surface area contributed by atoms with Gasteiger partial charge in [-0.2, -0.15) is 0 Å². The molecular formula is C16H22N4OS. The third-order valence-corrected chi connectivity index (χ3v) is 4.33. The lowest BCUT2D eigenvalue weighted by Gasteiger charge is -2.14. The molecule has 0 spiro atoms. The summed E-state index contributed by atoms with van der Waals surface area (Å²) in [7, 11) is 4.00. The van der Waals surface area contributed by atoms with E-state index in [2.05, 4.69) is 28.6 Å². The molecule has 1 aromatic heterocycles. The van der Waals surface area contributed by atoms with Crippen LogP contribution in [0, 0.1) is 0 Å². The van der Waals surface area contributed by atoms with Crippen LogP contribution < -0.4 is 15.5 Å². The molecule has 1 heterocycles. The number of thiazole rings is 1. The largest absolute Gasteiger partial charge is 0.378 e. The predicted molar refractivity (Wildman–Crippen MR) is 91.5 cm³/mol. The number of carbonyl (C=O) groups is 1. The van der Waals surface area contributed by atoms with Crippen molar-refractivity contribution in [3.8, 4) is 0 Å². The second-order valence-corrected chi connectivity index (χ2v) is 6.33. The van der Waals surface area contributed by atoms with Crippen molar-refractivity contribution < 1.29 is 4.79 Å². The molecule has 0 aliphatic heterocycles. The molecule has 5 nitrogen and oxygen atoms in total. The van der Waals surface area contributed by atoms with E-state index < -0.39 is 0 Å². The Balaban J connectivity index is 1.77. The Bertz CT molecular complexity index is 598. The number of hydrogen-bond acceptors (Lipinski definition) is 4. The topological polar surface area (TPSA) is 57.3 Å². The second-order valence-electron chi connectivity index (χ2n) is 5.40. The van der Waals surface area contributed by atoms with Crippen molar-refractivity contribution in [2.24, 2.45) is 0 Å². The maximum Gasteiger partial charge on any atom is 0.315 e. The van der Waals surface area contributed by atoms with Crippen LogP contribution >= 0.6 is 11.3 Å². The molecule has 0 radical (unpaired) electrons. The molecule has 0 saturated carbocycles. The van der Waals surface area contributed by atoms with Crippen molar-refractivity contribution in [1.29, 1.82) is 0 Å². The van der Waals surface area contributed by atoms with Gasteiger partial charge in [0.2, 0.25) is 0 Å². The van der Waals surface area contributed by atoms with Crippen LogP contribution in [0.1, 0.15) is 23.4 Å². The summed E-state index contributed by atoms with van der Waals surface area (Å²) in [5.41, 5.74) is 2.20. The lowest BCUT2D eigenvalue weighted by Crippen LogP contribution is -2.37. The number of rotatable bonds is 6. The maximum absolute atomic E-state index is 11.9. The molecule has 0 saturated heterocycles. The van der Waals surface area contributed by atoms with Crippen LogP contribution in [0.2, 0.25) is 0 Å². The van der Waals surface area contributed by atoms with Gasteiger partial charge >= 0.3 is 6.03 Å². The Kier molecular flexibility index (Phi) is 5.77. The van der Waals surface area contributed by atoms with Gasteiger partial charge in [-0.05, 0) is 17.7 Å². The van der Waals surface area contributed by atoms with Crippen LogP contribution in [0.3, 0.4) is 0 Å². The van der Waals surface area contributed by atoms with E-state index in [0.29, 0.717) is 13.1 Å². The van der Waals surface area contributed by atoms with Gasteiger partial charge in [0.15, 0.2) is 0 Å². The molecular weight excluding hydrogens is 296 g/mol. The minimum atomic E-state index is -0.154. The third-order valence-electron chi connectivity index (χ3n) is 3.32. The normalized spacial score (nSPS) is 11.8. The van der Waals surface area contributed by atoms with Gasteiger partial charge in [-0.1, -0.05) is 19.1 Å². The van der Waals surface area contributed by atoms with Crippen LogP contribution in [0.5, 0.6) is 0 Å². The van der Waals surface area contributed by atoms with Gasteiger partial charge in [-0.3, -0.25) is 0 Å². The molecule has 0 bridgehead atoms. The SMILES string of the molecule is CC(CNC(=O)NCc1cccc(N(C)C)c1)c1nccs1. The average Bonchev–Trinajstić information content (AvgIpc) is 3.05. The Labute approximate surface area is 135 Å². The highest BCUT2D eigenvalue weighted by molar-refractivity contribution is 7.09. The average molecular weight is 318 g/mol. The summed E-state index contributed by atoms with van der Waals surface area (Å²) in [6.45, 7) is 3.15. The molecule has 0 aliphatic rings. The highest BCUT2D eigenvalue weighted by atomic mass is 32.1. The van der Waals surface area contributed by atoms with Crippen molar-refractivity contribution >= 4 is 23.1 Å². The van der Waals surface area contributed by atoms with E-state index in [1.54, 1.807) is 17.5 Å². The molecule has 0 fully saturated rings. The van der Waals surface area contributed by atoms with Crippen molar-refractivity contribution in [3.63, 3.8) is 0 Å². The number of benzene rings is 1. The molecule has 2 amide bonds. The fraction of sp³-hybridized carbons (Fsp3) is 0.375. The number of hydrogen-bond donors (Lipinski definition) is 2. The van der Waals surface area contributed by atoms with Gasteiger partial charge < -0.3 is 15.5 Å². The quantitative estimate of drug-likeness (QED) is 0.861.